The highest BCUT2D eigenvalue weighted by Crippen LogP contribution is 2.31. The zero-order valence-electron chi connectivity index (χ0n) is 10.2. The number of nitrogens with one attached hydrogen (secondary N) is 1. The van der Waals surface area contributed by atoms with Gasteiger partial charge >= 0.3 is 0 Å². The van der Waals surface area contributed by atoms with Crippen LogP contribution in [0.3, 0.4) is 0 Å². The first-order valence-corrected chi connectivity index (χ1v) is 7.68. The van der Waals surface area contributed by atoms with Crippen molar-refractivity contribution >= 4 is 50.7 Å². The molecule has 0 spiro atoms. The van der Waals surface area contributed by atoms with Crippen molar-refractivity contribution in [1.29, 1.82) is 0 Å². The van der Waals surface area contributed by atoms with Crippen molar-refractivity contribution in [3.05, 3.63) is 66.8 Å². The van der Waals surface area contributed by atoms with E-state index in [1.54, 1.807) is 24.3 Å². The first kappa shape index (κ1) is 16.1. The second-order valence-electron chi connectivity index (χ2n) is 4.16. The zero-order chi connectivity index (χ0) is 14.7. The lowest BCUT2D eigenvalue weighted by molar-refractivity contribution is 0.587. The van der Waals surface area contributed by atoms with Gasteiger partial charge in [-0.1, -0.05) is 50.7 Å². The van der Waals surface area contributed by atoms with E-state index in [1.807, 2.05) is 0 Å². The molecule has 1 nitrogen and oxygen atoms in total. The van der Waals surface area contributed by atoms with Crippen molar-refractivity contribution in [2.75, 3.05) is 0 Å². The van der Waals surface area contributed by atoms with Gasteiger partial charge in [0.25, 0.3) is 0 Å². The predicted octanol–water partition coefficient (Wildman–Crippen LogP) is 5.84. The molecule has 0 radical (unpaired) electrons. The minimum absolute atomic E-state index is 0.260. The molecule has 0 aliphatic heterocycles. The molecular weight excluding hydrogens is 387 g/mol. The summed E-state index contributed by atoms with van der Waals surface area (Å²) in [6.45, 7) is 0.772. The number of rotatable bonds is 4. The van der Waals surface area contributed by atoms with Gasteiger partial charge in [0.15, 0.2) is 0 Å². The molecule has 0 bridgehead atoms. The molecule has 2 aromatic rings. The summed E-state index contributed by atoms with van der Waals surface area (Å²) in [5.74, 6) is -0.260. The van der Waals surface area contributed by atoms with Crippen LogP contribution in [0.5, 0.6) is 0 Å². The maximum atomic E-state index is 13.6. The van der Waals surface area contributed by atoms with Crippen molar-refractivity contribution in [1.82, 2.24) is 5.32 Å². The summed E-state index contributed by atoms with van der Waals surface area (Å²) in [5, 5.41) is 4.50. The average Bonchev–Trinajstić information content (AvgIpc) is 2.42. The van der Waals surface area contributed by atoms with Crippen LogP contribution in [0.1, 0.15) is 11.1 Å². The van der Waals surface area contributed by atoms with E-state index < -0.39 is 0 Å². The Labute approximate surface area is 140 Å². The second kappa shape index (κ2) is 7.10. The van der Waals surface area contributed by atoms with Crippen LogP contribution in [0.4, 0.5) is 4.39 Å². The Balaban J connectivity index is 2.07. The van der Waals surface area contributed by atoms with Crippen LogP contribution >= 0.6 is 50.7 Å². The molecular formula is C14H10BrCl3FN. The minimum Gasteiger partial charge on any atom is -0.308 e. The molecule has 0 heterocycles. The summed E-state index contributed by atoms with van der Waals surface area (Å²) in [6, 6.07) is 8.13. The van der Waals surface area contributed by atoms with Crippen LogP contribution in [0.15, 0.2) is 34.8 Å². The highest BCUT2D eigenvalue weighted by molar-refractivity contribution is 9.10. The van der Waals surface area contributed by atoms with Gasteiger partial charge in [-0.25, -0.2) is 4.39 Å². The summed E-state index contributed by atoms with van der Waals surface area (Å²) in [6.07, 6.45) is 0. The van der Waals surface area contributed by atoms with E-state index in [0.29, 0.717) is 39.3 Å². The highest BCUT2D eigenvalue weighted by atomic mass is 79.9. The Morgan fingerprint density at radius 3 is 2.45 bits per heavy atom. The smallest absolute Gasteiger partial charge is 0.127 e. The van der Waals surface area contributed by atoms with Crippen LogP contribution in [0, 0.1) is 5.82 Å². The molecule has 20 heavy (non-hydrogen) atoms. The molecule has 0 fully saturated rings. The van der Waals surface area contributed by atoms with Crippen molar-refractivity contribution < 1.29 is 4.39 Å². The molecule has 6 heteroatoms. The molecule has 2 aromatic carbocycles. The average molecular weight is 398 g/mol. The lowest BCUT2D eigenvalue weighted by atomic mass is 10.2. The fourth-order valence-electron chi connectivity index (χ4n) is 1.73. The van der Waals surface area contributed by atoms with Gasteiger partial charge in [-0.15, -0.1) is 0 Å². The van der Waals surface area contributed by atoms with E-state index in [0.717, 1.165) is 4.47 Å². The molecule has 0 atom stereocenters. The monoisotopic (exact) mass is 395 g/mol. The summed E-state index contributed by atoms with van der Waals surface area (Å²) < 4.78 is 14.4. The Morgan fingerprint density at radius 1 is 1.00 bits per heavy atom. The van der Waals surface area contributed by atoms with Gasteiger partial charge in [0.05, 0.1) is 10.0 Å². The highest BCUT2D eigenvalue weighted by Gasteiger charge is 2.10. The van der Waals surface area contributed by atoms with Crippen molar-refractivity contribution in [3.8, 4) is 0 Å². The van der Waals surface area contributed by atoms with Gasteiger partial charge in [-0.3, -0.25) is 0 Å². The van der Waals surface area contributed by atoms with Gasteiger partial charge in [-0.2, -0.15) is 0 Å². The van der Waals surface area contributed by atoms with Gasteiger partial charge in [-0.05, 0) is 30.3 Å². The Kier molecular flexibility index (Phi) is 5.70. The molecule has 1 N–H and O–H groups in total. The molecule has 0 saturated carbocycles. The summed E-state index contributed by atoms with van der Waals surface area (Å²) >= 11 is 21.4. The van der Waals surface area contributed by atoms with E-state index in [-0.39, 0.29) is 5.82 Å². The fraction of sp³-hybridized carbons (Fsp3) is 0.143. The fourth-order valence-corrected chi connectivity index (χ4v) is 2.82. The van der Waals surface area contributed by atoms with Gasteiger partial charge in [0, 0.05) is 33.7 Å². The van der Waals surface area contributed by atoms with E-state index in [2.05, 4.69) is 21.2 Å². The van der Waals surface area contributed by atoms with Crippen molar-refractivity contribution in [2.45, 2.75) is 13.1 Å². The molecule has 0 aliphatic rings. The van der Waals surface area contributed by atoms with Crippen molar-refractivity contribution in [3.63, 3.8) is 0 Å². The standard InChI is InChI=1S/C14H10BrCl3FN/c15-9-1-4-13(19)8(5-9)6-20-7-10-11(16)2-3-12(17)14(10)18/h1-5,20H,6-7H2. The minimum atomic E-state index is -0.260. The van der Waals surface area contributed by atoms with Crippen LogP contribution in [0.2, 0.25) is 15.1 Å². The Morgan fingerprint density at radius 2 is 1.70 bits per heavy atom. The molecule has 0 saturated heterocycles. The van der Waals surface area contributed by atoms with Crippen LogP contribution in [-0.4, -0.2) is 0 Å². The quantitative estimate of drug-likeness (QED) is 0.639. The SMILES string of the molecule is Fc1ccc(Br)cc1CNCc1c(Cl)ccc(Cl)c1Cl. The zero-order valence-corrected chi connectivity index (χ0v) is 14.0. The largest absolute Gasteiger partial charge is 0.308 e. The summed E-state index contributed by atoms with van der Waals surface area (Å²) in [4.78, 5) is 0. The molecule has 0 aromatic heterocycles. The van der Waals surface area contributed by atoms with Gasteiger partial charge < -0.3 is 5.32 Å². The third kappa shape index (κ3) is 3.86. The summed E-state index contributed by atoms with van der Waals surface area (Å²) in [7, 11) is 0. The molecule has 0 unspecified atom stereocenters. The molecule has 2 rings (SSSR count). The topological polar surface area (TPSA) is 12.0 Å². The van der Waals surface area contributed by atoms with Crippen LogP contribution in [-0.2, 0) is 13.1 Å². The Hall–Kier alpha value is -0.320. The first-order chi connectivity index (χ1) is 9.49. The van der Waals surface area contributed by atoms with Gasteiger partial charge in [0.2, 0.25) is 0 Å². The number of benzene rings is 2. The van der Waals surface area contributed by atoms with Gasteiger partial charge in [0.1, 0.15) is 5.82 Å². The van der Waals surface area contributed by atoms with E-state index >= 15 is 0 Å². The van der Waals surface area contributed by atoms with E-state index in [9.17, 15) is 4.39 Å². The molecule has 0 amide bonds. The molecule has 106 valence electrons. The van der Waals surface area contributed by atoms with Crippen LogP contribution < -0.4 is 5.32 Å². The van der Waals surface area contributed by atoms with Crippen molar-refractivity contribution in [2.24, 2.45) is 0 Å². The maximum absolute atomic E-state index is 13.6. The van der Waals surface area contributed by atoms with Crippen LogP contribution in [0.25, 0.3) is 0 Å². The van der Waals surface area contributed by atoms with E-state index in [1.165, 1.54) is 6.07 Å². The molecule has 0 aliphatic carbocycles. The normalized spacial score (nSPS) is 10.8. The third-order valence-corrected chi connectivity index (χ3v) is 4.45. The van der Waals surface area contributed by atoms with E-state index in [4.69, 9.17) is 34.8 Å². The predicted molar refractivity (Wildman–Crippen MR) is 86.1 cm³/mol. The number of hydrogen-bond donors (Lipinski definition) is 1. The Bertz CT molecular complexity index is 634. The maximum Gasteiger partial charge on any atom is 0.127 e. The summed E-state index contributed by atoms with van der Waals surface area (Å²) in [5.41, 5.74) is 1.27. The number of hydrogen-bond acceptors (Lipinski definition) is 1. The third-order valence-electron chi connectivity index (χ3n) is 2.76. The second-order valence-corrected chi connectivity index (χ2v) is 6.27. The lowest BCUT2D eigenvalue weighted by Gasteiger charge is -2.10. The lowest BCUT2D eigenvalue weighted by Crippen LogP contribution is -2.14. The first-order valence-electron chi connectivity index (χ1n) is 5.76. The number of halogens is 5.